The van der Waals surface area contributed by atoms with Gasteiger partial charge in [0.2, 0.25) is 11.8 Å². The molecule has 226 valence electrons. The van der Waals surface area contributed by atoms with Crippen molar-refractivity contribution in [3.05, 3.63) is 54.6 Å². The average Bonchev–Trinajstić information content (AvgIpc) is 2.92. The first-order valence-corrected chi connectivity index (χ1v) is 13.3. The lowest BCUT2D eigenvalue weighted by Crippen LogP contribution is -2.47. The molecule has 2 atom stereocenters. The first-order chi connectivity index (χ1) is 19.8. The zero-order valence-corrected chi connectivity index (χ0v) is 23.3. The van der Waals surface area contributed by atoms with Crippen molar-refractivity contribution in [1.82, 2.24) is 19.9 Å². The van der Waals surface area contributed by atoms with Crippen LogP contribution in [0.5, 0.6) is 11.6 Å². The molecule has 0 bridgehead atoms. The second-order valence-corrected chi connectivity index (χ2v) is 10.7. The predicted octanol–water partition coefficient (Wildman–Crippen LogP) is 5.62. The first kappa shape index (κ1) is 30.8. The highest BCUT2D eigenvalue weighted by Gasteiger charge is 2.38. The molecule has 1 amide bonds. The van der Waals surface area contributed by atoms with Gasteiger partial charge in [0.15, 0.2) is 17.7 Å². The maximum atomic E-state index is 15.1. The van der Waals surface area contributed by atoms with Crippen molar-refractivity contribution in [3.8, 4) is 22.9 Å². The van der Waals surface area contributed by atoms with E-state index >= 15 is 4.39 Å². The fourth-order valence-corrected chi connectivity index (χ4v) is 4.17. The third-order valence-electron chi connectivity index (χ3n) is 6.14. The molecule has 1 aliphatic heterocycles. The number of hydrogen-bond acceptors (Lipinski definition) is 9. The molecule has 1 saturated heterocycles. The number of anilines is 2. The van der Waals surface area contributed by atoms with E-state index in [0.29, 0.717) is 30.3 Å². The van der Waals surface area contributed by atoms with E-state index in [1.807, 2.05) is 20.8 Å². The highest BCUT2D eigenvalue weighted by molar-refractivity contribution is 5.68. The van der Waals surface area contributed by atoms with Gasteiger partial charge in [-0.1, -0.05) is 6.07 Å². The Kier molecular flexibility index (Phi) is 9.34. The van der Waals surface area contributed by atoms with E-state index in [4.69, 9.17) is 9.47 Å². The van der Waals surface area contributed by atoms with E-state index in [9.17, 15) is 23.1 Å². The van der Waals surface area contributed by atoms with Crippen LogP contribution in [0.15, 0.2) is 48.8 Å². The number of alkyl halides is 3. The number of aliphatic hydroxyl groups is 1. The highest BCUT2D eigenvalue weighted by Crippen LogP contribution is 2.34. The second kappa shape index (κ2) is 12.8. The minimum Gasteiger partial charge on any atom is -0.444 e. The normalized spacial score (nSPS) is 16.5. The predicted molar refractivity (Wildman–Crippen MR) is 147 cm³/mol. The number of piperidine rings is 1. The van der Waals surface area contributed by atoms with Crippen molar-refractivity contribution in [3.63, 3.8) is 0 Å². The monoisotopic (exact) mass is 592 g/mol. The Morgan fingerprint density at radius 3 is 2.67 bits per heavy atom. The van der Waals surface area contributed by atoms with E-state index in [1.165, 1.54) is 30.6 Å². The summed E-state index contributed by atoms with van der Waals surface area (Å²) >= 11 is 0. The number of carbonyl (C=O) groups excluding carboxylic acids is 1. The van der Waals surface area contributed by atoms with E-state index < -0.39 is 30.2 Å². The fourth-order valence-electron chi connectivity index (χ4n) is 4.17. The number of benzene rings is 1. The fraction of sp³-hybridized carbons (Fsp3) is 0.429. The number of aliphatic hydroxyl groups excluding tert-OH is 1. The van der Waals surface area contributed by atoms with Gasteiger partial charge < -0.3 is 30.1 Å². The van der Waals surface area contributed by atoms with Crippen molar-refractivity contribution < 1.29 is 36.9 Å². The molecule has 3 heterocycles. The van der Waals surface area contributed by atoms with Gasteiger partial charge in [0.1, 0.15) is 5.60 Å². The number of aromatic nitrogens is 3. The lowest BCUT2D eigenvalue weighted by molar-refractivity contribution is -0.198. The largest absolute Gasteiger partial charge is 0.444 e. The molecule has 2 unspecified atom stereocenters. The summed E-state index contributed by atoms with van der Waals surface area (Å²) in [5.74, 6) is -0.945. The lowest BCUT2D eigenvalue weighted by Gasteiger charge is -2.34. The molecule has 1 aliphatic rings. The zero-order valence-electron chi connectivity index (χ0n) is 23.3. The Hall–Kier alpha value is -4.20. The molecule has 0 radical (unpaired) electrons. The average molecular weight is 593 g/mol. The third kappa shape index (κ3) is 8.18. The standard InChI is InChI=1S/C28H32F4N6O4/c1-27(2,3)42-26(40)38-14-6-7-17(16-38)36-25-34-13-11-19(37-25)18-8-5-12-33-24(18)41-21-10-4-9-20(23(21)29)35-15-22(39)28(30,31)32/h4-5,8-13,17,22,35,39H,6-7,14-16H2,1-3H3,(H,34,36,37). The number of halogens is 4. The number of nitrogens with zero attached hydrogens (tertiary/aromatic N) is 4. The molecule has 10 nitrogen and oxygen atoms in total. The Morgan fingerprint density at radius 1 is 1.14 bits per heavy atom. The molecule has 14 heteroatoms. The van der Waals surface area contributed by atoms with Gasteiger partial charge in [0, 0.05) is 38.1 Å². The van der Waals surface area contributed by atoms with Crippen LogP contribution in [0.1, 0.15) is 33.6 Å². The van der Waals surface area contributed by atoms with Gasteiger partial charge in [0.05, 0.1) is 16.9 Å². The number of rotatable bonds is 8. The van der Waals surface area contributed by atoms with Crippen LogP contribution in [-0.4, -0.2) is 74.6 Å². The number of nitrogens with one attached hydrogen (secondary N) is 2. The maximum absolute atomic E-state index is 15.1. The summed E-state index contributed by atoms with van der Waals surface area (Å²) in [5.41, 5.74) is -0.0605. The van der Waals surface area contributed by atoms with Gasteiger partial charge in [-0.05, 0) is 63.9 Å². The molecule has 0 spiro atoms. The topological polar surface area (TPSA) is 122 Å². The van der Waals surface area contributed by atoms with E-state index in [0.717, 1.165) is 12.8 Å². The van der Waals surface area contributed by atoms with Crippen molar-refractivity contribution >= 4 is 17.7 Å². The summed E-state index contributed by atoms with van der Waals surface area (Å²) in [7, 11) is 0. The summed E-state index contributed by atoms with van der Waals surface area (Å²) in [5, 5.41) is 14.7. The van der Waals surface area contributed by atoms with Crippen molar-refractivity contribution in [2.45, 2.75) is 57.5 Å². The van der Waals surface area contributed by atoms with Crippen LogP contribution in [0.2, 0.25) is 0 Å². The number of likely N-dealkylation sites (tertiary alicyclic amines) is 1. The van der Waals surface area contributed by atoms with Gasteiger partial charge in [-0.25, -0.2) is 24.1 Å². The molecule has 3 N–H and O–H groups in total. The quantitative estimate of drug-likeness (QED) is 0.286. The van der Waals surface area contributed by atoms with E-state index in [-0.39, 0.29) is 29.5 Å². The molecule has 4 rings (SSSR count). The molecule has 1 aromatic carbocycles. The second-order valence-electron chi connectivity index (χ2n) is 10.7. The van der Waals surface area contributed by atoms with Gasteiger partial charge in [-0.2, -0.15) is 13.2 Å². The number of amides is 1. The van der Waals surface area contributed by atoms with Crippen LogP contribution >= 0.6 is 0 Å². The molecule has 0 saturated carbocycles. The molecular formula is C28H32F4N6O4. The Morgan fingerprint density at radius 2 is 1.93 bits per heavy atom. The molecule has 0 aliphatic carbocycles. The SMILES string of the molecule is CC(C)(C)OC(=O)N1CCCC(Nc2nccc(-c3cccnc3Oc3cccc(NCC(O)C(F)(F)F)c3F)n2)C1. The van der Waals surface area contributed by atoms with E-state index in [1.54, 1.807) is 23.1 Å². The van der Waals surface area contributed by atoms with Crippen LogP contribution in [0.25, 0.3) is 11.3 Å². The summed E-state index contributed by atoms with van der Waals surface area (Å²) < 4.78 is 64.2. The maximum Gasteiger partial charge on any atom is 0.416 e. The van der Waals surface area contributed by atoms with Gasteiger partial charge in [-0.15, -0.1) is 0 Å². The number of carbonyl (C=O) groups is 1. The molecular weight excluding hydrogens is 560 g/mol. The number of ether oxygens (including phenoxy) is 2. The van der Waals surface area contributed by atoms with Crippen molar-refractivity contribution in [2.75, 3.05) is 30.3 Å². The summed E-state index contributed by atoms with van der Waals surface area (Å²) in [6.07, 6.45) is -3.37. The lowest BCUT2D eigenvalue weighted by atomic mass is 10.1. The molecule has 1 fully saturated rings. The Bertz CT molecular complexity index is 1380. The van der Waals surface area contributed by atoms with E-state index in [2.05, 4.69) is 25.6 Å². The summed E-state index contributed by atoms with van der Waals surface area (Å²) in [6.45, 7) is 5.49. The van der Waals surface area contributed by atoms with Crippen molar-refractivity contribution in [1.29, 1.82) is 0 Å². The molecule has 42 heavy (non-hydrogen) atoms. The molecule has 3 aromatic rings. The van der Waals surface area contributed by atoms with Crippen LogP contribution in [0.3, 0.4) is 0 Å². The van der Waals surface area contributed by atoms with Crippen LogP contribution in [0.4, 0.5) is 34.0 Å². The van der Waals surface area contributed by atoms with Gasteiger partial charge in [-0.3, -0.25) is 0 Å². The smallest absolute Gasteiger partial charge is 0.416 e. The third-order valence-corrected chi connectivity index (χ3v) is 6.14. The zero-order chi connectivity index (χ0) is 30.5. The van der Waals surface area contributed by atoms with Gasteiger partial charge in [0.25, 0.3) is 0 Å². The minimum absolute atomic E-state index is 0.00212. The number of pyridine rings is 1. The van der Waals surface area contributed by atoms with Crippen molar-refractivity contribution in [2.24, 2.45) is 0 Å². The van der Waals surface area contributed by atoms with Gasteiger partial charge >= 0.3 is 12.3 Å². The van der Waals surface area contributed by atoms with Crippen LogP contribution in [-0.2, 0) is 4.74 Å². The van der Waals surface area contributed by atoms with Crippen LogP contribution in [0, 0.1) is 5.82 Å². The Balaban J connectivity index is 1.48. The number of hydrogen-bond donors (Lipinski definition) is 3. The highest BCUT2D eigenvalue weighted by atomic mass is 19.4. The summed E-state index contributed by atoms with van der Waals surface area (Å²) in [4.78, 5) is 27.2. The molecule has 2 aromatic heterocycles. The van der Waals surface area contributed by atoms with Crippen LogP contribution < -0.4 is 15.4 Å². The Labute approximate surface area is 240 Å². The minimum atomic E-state index is -4.85. The first-order valence-electron chi connectivity index (χ1n) is 13.3. The summed E-state index contributed by atoms with van der Waals surface area (Å²) in [6, 6.07) is 8.72.